The highest BCUT2D eigenvalue weighted by Crippen LogP contribution is 2.55. The predicted molar refractivity (Wildman–Crippen MR) is 96.5 cm³/mol. The van der Waals surface area contributed by atoms with Gasteiger partial charge in [-0.1, -0.05) is 12.1 Å². The van der Waals surface area contributed by atoms with Gasteiger partial charge in [0.05, 0.1) is 18.1 Å². The molecule has 1 aromatic rings. The molecule has 2 atom stereocenters. The standard InChI is InChI=1S/C21H29NO3/c1-20(2,16-5-4-6-17(9-16)25-3)19(23)22-18-14-7-13-8-15(18)12-21(24,10-13)11-14/h4-6,9,13-15,18,24H,7-8,10-12H2,1-3H3,(H,22,23)/t13-,14-,15-,18+,21-/m1/s1. The van der Waals surface area contributed by atoms with Crippen LogP contribution in [-0.2, 0) is 10.2 Å². The molecule has 0 aromatic heterocycles. The lowest BCUT2D eigenvalue weighted by molar-refractivity contribution is -0.148. The van der Waals surface area contributed by atoms with Gasteiger partial charge < -0.3 is 15.2 Å². The average molecular weight is 343 g/mol. The zero-order valence-electron chi connectivity index (χ0n) is 15.4. The molecule has 4 aliphatic rings. The molecule has 136 valence electrons. The normalized spacial score (nSPS) is 36.3. The molecule has 0 radical (unpaired) electrons. The van der Waals surface area contributed by atoms with E-state index in [4.69, 9.17) is 4.74 Å². The Morgan fingerprint density at radius 3 is 2.52 bits per heavy atom. The first-order valence-electron chi connectivity index (χ1n) is 9.49. The topological polar surface area (TPSA) is 58.6 Å². The minimum absolute atomic E-state index is 0.0743. The van der Waals surface area contributed by atoms with E-state index in [1.54, 1.807) is 7.11 Å². The Morgan fingerprint density at radius 2 is 1.92 bits per heavy atom. The summed E-state index contributed by atoms with van der Waals surface area (Å²) in [7, 11) is 1.64. The molecule has 1 aromatic carbocycles. The second-order valence-electron chi connectivity index (χ2n) is 9.05. The lowest BCUT2D eigenvalue weighted by Gasteiger charge is -2.58. The van der Waals surface area contributed by atoms with Gasteiger partial charge in [-0.2, -0.15) is 0 Å². The van der Waals surface area contributed by atoms with Crippen molar-refractivity contribution in [3.8, 4) is 5.75 Å². The summed E-state index contributed by atoms with van der Waals surface area (Å²) >= 11 is 0. The minimum atomic E-state index is -0.611. The summed E-state index contributed by atoms with van der Waals surface area (Å²) in [4.78, 5) is 13.1. The summed E-state index contributed by atoms with van der Waals surface area (Å²) in [5.74, 6) is 2.37. The third-order valence-electron chi connectivity index (χ3n) is 6.90. The maximum Gasteiger partial charge on any atom is 0.230 e. The van der Waals surface area contributed by atoms with E-state index >= 15 is 0 Å². The Bertz CT molecular complexity index is 667. The molecule has 0 heterocycles. The molecule has 0 aliphatic heterocycles. The van der Waals surface area contributed by atoms with E-state index in [1.165, 1.54) is 0 Å². The number of aliphatic hydroxyl groups is 1. The zero-order valence-corrected chi connectivity index (χ0v) is 15.4. The third-order valence-corrected chi connectivity index (χ3v) is 6.90. The monoisotopic (exact) mass is 343 g/mol. The molecule has 1 amide bonds. The van der Waals surface area contributed by atoms with Crippen molar-refractivity contribution < 1.29 is 14.6 Å². The number of hydrogen-bond donors (Lipinski definition) is 2. The maximum atomic E-state index is 13.1. The van der Waals surface area contributed by atoms with Crippen molar-refractivity contribution in [2.75, 3.05) is 7.11 Å². The molecule has 2 N–H and O–H groups in total. The molecule has 4 nitrogen and oxygen atoms in total. The van der Waals surface area contributed by atoms with Crippen LogP contribution in [0.1, 0.15) is 51.5 Å². The number of carbonyl (C=O) groups is 1. The molecule has 5 rings (SSSR count). The molecule has 4 heteroatoms. The van der Waals surface area contributed by atoms with Crippen LogP contribution in [0.4, 0.5) is 0 Å². The number of carbonyl (C=O) groups excluding carboxylic acids is 1. The van der Waals surface area contributed by atoms with Crippen LogP contribution >= 0.6 is 0 Å². The second kappa shape index (κ2) is 5.73. The van der Waals surface area contributed by atoms with E-state index < -0.39 is 11.0 Å². The number of rotatable bonds is 4. The Morgan fingerprint density at radius 1 is 1.24 bits per heavy atom. The van der Waals surface area contributed by atoms with Gasteiger partial charge in [0.1, 0.15) is 5.75 Å². The van der Waals surface area contributed by atoms with Crippen molar-refractivity contribution in [2.45, 2.75) is 63.0 Å². The molecule has 0 saturated heterocycles. The SMILES string of the molecule is COc1cccc(C(C)(C)C(=O)N[C@H]2[C@@H]3C[C@@H]4C[C@@H]2C[C@](O)(C3)C4)c1. The first-order chi connectivity index (χ1) is 11.8. The highest BCUT2D eigenvalue weighted by atomic mass is 16.5. The number of amides is 1. The van der Waals surface area contributed by atoms with Gasteiger partial charge in [0.15, 0.2) is 0 Å². The highest BCUT2D eigenvalue weighted by Gasteiger charge is 2.55. The Kier molecular flexibility index (Phi) is 3.87. The van der Waals surface area contributed by atoms with Gasteiger partial charge >= 0.3 is 0 Å². The number of ether oxygens (including phenoxy) is 1. The number of hydrogen-bond acceptors (Lipinski definition) is 3. The van der Waals surface area contributed by atoms with Crippen LogP contribution in [0.5, 0.6) is 5.75 Å². The molecule has 0 unspecified atom stereocenters. The quantitative estimate of drug-likeness (QED) is 0.883. The van der Waals surface area contributed by atoms with Gasteiger partial charge in [-0.15, -0.1) is 0 Å². The summed E-state index contributed by atoms with van der Waals surface area (Å²) in [6, 6.07) is 7.98. The molecule has 4 saturated carbocycles. The predicted octanol–water partition coefficient (Wildman–Crippen LogP) is 3.03. The average Bonchev–Trinajstić information content (AvgIpc) is 2.56. The summed E-state index contributed by atoms with van der Waals surface area (Å²) < 4.78 is 5.31. The summed E-state index contributed by atoms with van der Waals surface area (Å²) in [6.07, 6.45) is 4.98. The smallest absolute Gasteiger partial charge is 0.230 e. The van der Waals surface area contributed by atoms with E-state index in [-0.39, 0.29) is 11.9 Å². The largest absolute Gasteiger partial charge is 0.497 e. The molecule has 4 fully saturated rings. The lowest BCUT2D eigenvalue weighted by atomic mass is 9.52. The van der Waals surface area contributed by atoms with Crippen molar-refractivity contribution in [1.29, 1.82) is 0 Å². The highest BCUT2D eigenvalue weighted by molar-refractivity contribution is 5.87. The molecule has 4 bridgehead atoms. The Labute approximate surface area is 150 Å². The molecular formula is C21H29NO3. The fraction of sp³-hybridized carbons (Fsp3) is 0.667. The fourth-order valence-corrected chi connectivity index (χ4v) is 5.69. The van der Waals surface area contributed by atoms with Crippen LogP contribution in [0.25, 0.3) is 0 Å². The molecule has 4 aliphatic carbocycles. The molecular weight excluding hydrogens is 314 g/mol. The van der Waals surface area contributed by atoms with Gasteiger partial charge in [-0.3, -0.25) is 4.79 Å². The Hall–Kier alpha value is -1.55. The van der Waals surface area contributed by atoms with Crippen LogP contribution in [0.15, 0.2) is 24.3 Å². The van der Waals surface area contributed by atoms with Gasteiger partial charge in [0, 0.05) is 6.04 Å². The van der Waals surface area contributed by atoms with Crippen LogP contribution < -0.4 is 10.1 Å². The minimum Gasteiger partial charge on any atom is -0.497 e. The zero-order chi connectivity index (χ0) is 17.8. The van der Waals surface area contributed by atoms with Gasteiger partial charge in [0.25, 0.3) is 0 Å². The van der Waals surface area contributed by atoms with Crippen molar-refractivity contribution in [3.63, 3.8) is 0 Å². The van der Waals surface area contributed by atoms with Crippen molar-refractivity contribution >= 4 is 5.91 Å². The summed E-state index contributed by atoms with van der Waals surface area (Å²) in [5, 5.41) is 14.1. The number of nitrogens with one attached hydrogen (secondary N) is 1. The fourth-order valence-electron chi connectivity index (χ4n) is 5.69. The van der Waals surface area contributed by atoms with E-state index in [0.717, 1.165) is 43.4 Å². The maximum absolute atomic E-state index is 13.1. The van der Waals surface area contributed by atoms with E-state index in [0.29, 0.717) is 17.8 Å². The first kappa shape index (κ1) is 16.9. The van der Waals surface area contributed by atoms with Gasteiger partial charge in [-0.25, -0.2) is 0 Å². The van der Waals surface area contributed by atoms with Crippen LogP contribution in [0.3, 0.4) is 0 Å². The third kappa shape index (κ3) is 2.84. The Balaban J connectivity index is 1.51. The molecule has 25 heavy (non-hydrogen) atoms. The van der Waals surface area contributed by atoms with E-state index in [9.17, 15) is 9.90 Å². The summed E-state index contributed by atoms with van der Waals surface area (Å²) in [5.41, 5.74) is -0.105. The second-order valence-corrected chi connectivity index (χ2v) is 9.05. The number of methoxy groups -OCH3 is 1. The first-order valence-corrected chi connectivity index (χ1v) is 9.49. The lowest BCUT2D eigenvalue weighted by Crippen LogP contribution is -2.62. The van der Waals surface area contributed by atoms with Crippen LogP contribution in [0, 0.1) is 17.8 Å². The summed E-state index contributed by atoms with van der Waals surface area (Å²) in [6.45, 7) is 3.95. The van der Waals surface area contributed by atoms with Crippen LogP contribution in [0.2, 0.25) is 0 Å². The van der Waals surface area contributed by atoms with Crippen LogP contribution in [-0.4, -0.2) is 29.8 Å². The molecule has 0 spiro atoms. The van der Waals surface area contributed by atoms with Gasteiger partial charge in [0.2, 0.25) is 5.91 Å². The van der Waals surface area contributed by atoms with Crippen molar-refractivity contribution in [2.24, 2.45) is 17.8 Å². The van der Waals surface area contributed by atoms with Crippen molar-refractivity contribution in [1.82, 2.24) is 5.32 Å². The number of benzene rings is 1. The van der Waals surface area contributed by atoms with Gasteiger partial charge in [-0.05, 0) is 81.4 Å². The van der Waals surface area contributed by atoms with E-state index in [2.05, 4.69) is 5.32 Å². The van der Waals surface area contributed by atoms with Crippen molar-refractivity contribution in [3.05, 3.63) is 29.8 Å². The van der Waals surface area contributed by atoms with E-state index in [1.807, 2.05) is 38.1 Å².